The van der Waals surface area contributed by atoms with Gasteiger partial charge < -0.3 is 10.7 Å². The summed E-state index contributed by atoms with van der Waals surface area (Å²) < 4.78 is 13.2. The zero-order valence-corrected chi connectivity index (χ0v) is 16.4. The van der Waals surface area contributed by atoms with Crippen molar-refractivity contribution in [1.29, 1.82) is 5.41 Å². The molecule has 1 aromatic carbocycles. The summed E-state index contributed by atoms with van der Waals surface area (Å²) in [4.78, 5) is 8.74. The molecule has 0 saturated heterocycles. The van der Waals surface area contributed by atoms with Gasteiger partial charge in [-0.2, -0.15) is 0 Å². The summed E-state index contributed by atoms with van der Waals surface area (Å²) in [7, 11) is 0. The maximum absolute atomic E-state index is 14.0. The Hall–Kier alpha value is -2.44. The number of aromatic nitrogens is 2. The minimum atomic E-state index is -0.805. The van der Waals surface area contributed by atoms with E-state index in [1.807, 2.05) is 37.3 Å². The van der Waals surface area contributed by atoms with E-state index in [-0.39, 0.29) is 11.9 Å². The highest BCUT2D eigenvalue weighted by Crippen LogP contribution is 2.36. The van der Waals surface area contributed by atoms with Crippen LogP contribution in [0, 0.1) is 11.2 Å². The van der Waals surface area contributed by atoms with Crippen LogP contribution in [0.15, 0.2) is 73.1 Å². The molecule has 0 aliphatic rings. The number of nitrogens with one attached hydrogen (secondary N) is 2. The third-order valence-corrected chi connectivity index (χ3v) is 5.24. The number of benzene rings is 1. The zero-order valence-electron chi connectivity index (χ0n) is 14.9. The van der Waals surface area contributed by atoms with Crippen LogP contribution in [-0.2, 0) is 6.54 Å². The first-order valence-electron chi connectivity index (χ1n) is 8.57. The quantitative estimate of drug-likeness (QED) is 0.426. The Morgan fingerprint density at radius 1 is 1.07 bits per heavy atom. The predicted molar refractivity (Wildman–Crippen MR) is 109 cm³/mol. The number of hydrogen-bond donors (Lipinski definition) is 2. The minimum Gasteiger partial charge on any atom is -0.303 e. The van der Waals surface area contributed by atoms with E-state index < -0.39 is 4.32 Å². The third-order valence-electron chi connectivity index (χ3n) is 4.39. The van der Waals surface area contributed by atoms with Crippen molar-refractivity contribution in [3.05, 3.63) is 95.8 Å². The molecular weight excluding hydrogens is 407 g/mol. The highest BCUT2D eigenvalue weighted by atomic mass is 79.9. The summed E-state index contributed by atoms with van der Waals surface area (Å²) in [6.07, 6.45) is 3.37. The van der Waals surface area contributed by atoms with Crippen LogP contribution in [0.2, 0.25) is 0 Å². The molecular formula is C21H20BrFN4. The molecule has 4 nitrogen and oxygen atoms in total. The molecule has 0 saturated carbocycles. The average molecular weight is 427 g/mol. The Kier molecular flexibility index (Phi) is 6.08. The highest BCUT2D eigenvalue weighted by Gasteiger charge is 2.38. The van der Waals surface area contributed by atoms with Gasteiger partial charge in [-0.15, -0.1) is 0 Å². The molecule has 2 N–H and O–H groups in total. The van der Waals surface area contributed by atoms with Crippen LogP contribution < -0.4 is 5.32 Å². The van der Waals surface area contributed by atoms with Crippen molar-refractivity contribution in [2.24, 2.45) is 0 Å². The molecule has 138 valence electrons. The van der Waals surface area contributed by atoms with Crippen molar-refractivity contribution < 1.29 is 4.39 Å². The third kappa shape index (κ3) is 4.46. The molecule has 0 amide bonds. The lowest BCUT2D eigenvalue weighted by atomic mass is 9.90. The van der Waals surface area contributed by atoms with Crippen LogP contribution in [0.4, 0.5) is 4.39 Å². The zero-order chi connectivity index (χ0) is 19.3. The van der Waals surface area contributed by atoms with Crippen LogP contribution in [-0.4, -0.2) is 20.0 Å². The number of pyridine rings is 2. The number of rotatable bonds is 7. The monoisotopic (exact) mass is 426 g/mol. The summed E-state index contributed by atoms with van der Waals surface area (Å²) in [5.41, 5.74) is 2.21. The molecule has 2 aromatic heterocycles. The van der Waals surface area contributed by atoms with E-state index in [1.165, 1.54) is 6.07 Å². The fourth-order valence-corrected chi connectivity index (χ4v) is 3.48. The van der Waals surface area contributed by atoms with Gasteiger partial charge in [0.05, 0.1) is 27.5 Å². The first kappa shape index (κ1) is 19.3. The van der Waals surface area contributed by atoms with Gasteiger partial charge in [-0.1, -0.05) is 46.3 Å². The van der Waals surface area contributed by atoms with Gasteiger partial charge in [-0.3, -0.25) is 9.97 Å². The van der Waals surface area contributed by atoms with Gasteiger partial charge in [0, 0.05) is 24.5 Å². The van der Waals surface area contributed by atoms with Crippen molar-refractivity contribution >= 4 is 21.6 Å². The van der Waals surface area contributed by atoms with Crippen LogP contribution in [0.25, 0.3) is 0 Å². The van der Waals surface area contributed by atoms with Crippen molar-refractivity contribution in [1.82, 2.24) is 15.3 Å². The number of alkyl halides is 1. The molecule has 2 heterocycles. The van der Waals surface area contributed by atoms with E-state index in [0.717, 1.165) is 5.69 Å². The van der Waals surface area contributed by atoms with Crippen molar-refractivity contribution in [2.75, 3.05) is 0 Å². The molecule has 27 heavy (non-hydrogen) atoms. The Bertz CT molecular complexity index is 900. The molecule has 3 rings (SSSR count). The van der Waals surface area contributed by atoms with Crippen LogP contribution >= 0.6 is 15.9 Å². The number of hydrogen-bond acceptors (Lipinski definition) is 4. The summed E-state index contributed by atoms with van der Waals surface area (Å²) in [5, 5.41) is 12.1. The van der Waals surface area contributed by atoms with Crippen molar-refractivity contribution in [3.8, 4) is 0 Å². The largest absolute Gasteiger partial charge is 0.303 e. The maximum atomic E-state index is 14.0. The molecule has 0 bridgehead atoms. The Balaban J connectivity index is 1.92. The smallest absolute Gasteiger partial charge is 0.127 e. The average Bonchev–Trinajstić information content (AvgIpc) is 2.70. The second-order valence-corrected chi connectivity index (χ2v) is 7.97. The van der Waals surface area contributed by atoms with Gasteiger partial charge in [-0.05, 0) is 37.3 Å². The molecule has 6 heteroatoms. The molecule has 0 radical (unpaired) electrons. The summed E-state index contributed by atoms with van der Waals surface area (Å²) in [6.45, 7) is 2.21. The first-order chi connectivity index (χ1) is 13.0. The van der Waals surface area contributed by atoms with E-state index in [2.05, 4.69) is 31.2 Å². The SMILES string of the molecule is CC(Br)(C(=N)c1ccccn1)C(NCc1ccccc1F)c1ccccn1. The summed E-state index contributed by atoms with van der Waals surface area (Å²) in [6, 6.07) is 17.4. The van der Waals surface area contributed by atoms with E-state index >= 15 is 0 Å². The first-order valence-corrected chi connectivity index (χ1v) is 9.36. The van der Waals surface area contributed by atoms with Gasteiger partial charge in [-0.25, -0.2) is 4.39 Å². The lowest BCUT2D eigenvalue weighted by Gasteiger charge is -2.33. The summed E-state index contributed by atoms with van der Waals surface area (Å²) >= 11 is 3.72. The Morgan fingerprint density at radius 3 is 2.37 bits per heavy atom. The van der Waals surface area contributed by atoms with Crippen molar-refractivity contribution in [2.45, 2.75) is 23.8 Å². The molecule has 2 atom stereocenters. The predicted octanol–water partition coefficient (Wildman–Crippen LogP) is 4.67. The number of nitrogens with zero attached hydrogens (tertiary/aromatic N) is 2. The maximum Gasteiger partial charge on any atom is 0.127 e. The van der Waals surface area contributed by atoms with Crippen LogP contribution in [0.5, 0.6) is 0 Å². The molecule has 0 aliphatic heterocycles. The fraction of sp³-hybridized carbons (Fsp3) is 0.190. The van der Waals surface area contributed by atoms with Crippen molar-refractivity contribution in [3.63, 3.8) is 0 Å². The lowest BCUT2D eigenvalue weighted by molar-refractivity contribution is 0.474. The second-order valence-electron chi connectivity index (χ2n) is 6.33. The Labute approximate surface area is 166 Å². The second kappa shape index (κ2) is 8.50. The van der Waals surface area contributed by atoms with Gasteiger partial charge >= 0.3 is 0 Å². The van der Waals surface area contributed by atoms with E-state index in [4.69, 9.17) is 5.41 Å². The normalized spacial score (nSPS) is 14.3. The number of halogens is 2. The van der Waals surface area contributed by atoms with E-state index in [1.54, 1.807) is 36.7 Å². The summed E-state index contributed by atoms with van der Waals surface area (Å²) in [5.74, 6) is -0.263. The molecule has 2 unspecified atom stereocenters. The molecule has 0 aliphatic carbocycles. The van der Waals surface area contributed by atoms with Gasteiger partial charge in [0.1, 0.15) is 5.82 Å². The minimum absolute atomic E-state index is 0.263. The molecule has 0 spiro atoms. The van der Waals surface area contributed by atoms with Gasteiger partial charge in [0.25, 0.3) is 0 Å². The van der Waals surface area contributed by atoms with E-state index in [9.17, 15) is 4.39 Å². The van der Waals surface area contributed by atoms with Gasteiger partial charge in [0.2, 0.25) is 0 Å². The van der Waals surface area contributed by atoms with Crippen LogP contribution in [0.3, 0.4) is 0 Å². The highest BCUT2D eigenvalue weighted by molar-refractivity contribution is 9.10. The molecule has 3 aromatic rings. The topological polar surface area (TPSA) is 61.7 Å². The van der Waals surface area contributed by atoms with Crippen LogP contribution in [0.1, 0.15) is 29.9 Å². The lowest BCUT2D eigenvalue weighted by Crippen LogP contribution is -2.43. The standard InChI is InChI=1S/C21H20BrFN4/c1-21(22,19(24)17-10-4-6-12-25-17)20(18-11-5-7-13-26-18)27-14-15-8-2-3-9-16(15)23/h2-13,20,24,27H,14H2,1H3. The van der Waals surface area contributed by atoms with E-state index in [0.29, 0.717) is 23.5 Å². The van der Waals surface area contributed by atoms with Gasteiger partial charge in [0.15, 0.2) is 0 Å². The molecule has 0 fully saturated rings. The Morgan fingerprint density at radius 2 is 1.74 bits per heavy atom. The fourth-order valence-electron chi connectivity index (χ4n) is 2.88.